The smallest absolute Gasteiger partial charge is 0.410 e. The highest BCUT2D eigenvalue weighted by Gasteiger charge is 2.48. The number of imide groups is 2. The maximum absolute atomic E-state index is 13.3. The fraction of sp³-hybridized carbons (Fsp3) is 0.621. The molecule has 1 atom stereocenters. The summed E-state index contributed by atoms with van der Waals surface area (Å²) in [6.45, 7) is 6.33. The Morgan fingerprint density at radius 3 is 2.44 bits per heavy atom. The van der Waals surface area contributed by atoms with Gasteiger partial charge in [-0.15, -0.1) is 0 Å². The first-order valence-electron chi connectivity index (χ1n) is 13.9. The van der Waals surface area contributed by atoms with Crippen molar-refractivity contribution in [1.82, 2.24) is 15.1 Å². The van der Waals surface area contributed by atoms with Crippen molar-refractivity contribution in [1.29, 1.82) is 0 Å². The molecule has 2 heterocycles. The molecule has 2 aliphatic heterocycles. The van der Waals surface area contributed by atoms with Gasteiger partial charge in [-0.2, -0.15) is 0 Å². The largest absolute Gasteiger partial charge is 0.444 e. The second-order valence-corrected chi connectivity index (χ2v) is 12.7. The summed E-state index contributed by atoms with van der Waals surface area (Å²) in [7, 11) is 1.83. The fourth-order valence-electron chi connectivity index (χ4n) is 6.72. The van der Waals surface area contributed by atoms with Gasteiger partial charge in [-0.1, -0.05) is 6.07 Å². The molecule has 10 nitrogen and oxygen atoms in total. The molecule has 0 aromatic heterocycles. The van der Waals surface area contributed by atoms with Gasteiger partial charge in [-0.3, -0.25) is 29.4 Å². The molecule has 1 saturated heterocycles. The Bertz CT molecular complexity index is 1200. The molecule has 10 heteroatoms. The van der Waals surface area contributed by atoms with Gasteiger partial charge >= 0.3 is 6.09 Å². The van der Waals surface area contributed by atoms with Gasteiger partial charge in [0.15, 0.2) is 0 Å². The van der Waals surface area contributed by atoms with Gasteiger partial charge in [0.05, 0.1) is 11.1 Å². The Hall–Kier alpha value is -3.43. The Kier molecular flexibility index (Phi) is 6.93. The van der Waals surface area contributed by atoms with Crippen LogP contribution in [-0.4, -0.2) is 70.8 Å². The van der Waals surface area contributed by atoms with E-state index >= 15 is 0 Å². The number of carbonyl (C=O) groups is 5. The lowest BCUT2D eigenvalue weighted by Crippen LogP contribution is -2.54. The van der Waals surface area contributed by atoms with E-state index in [1.54, 1.807) is 23.1 Å². The number of hydrogen-bond donors (Lipinski definition) is 2. The van der Waals surface area contributed by atoms with Crippen LogP contribution < -0.4 is 10.6 Å². The number of piperidine rings is 1. The average molecular weight is 539 g/mol. The van der Waals surface area contributed by atoms with Gasteiger partial charge in [-0.25, -0.2) is 4.79 Å². The molecule has 1 aromatic carbocycles. The van der Waals surface area contributed by atoms with E-state index < -0.39 is 35.3 Å². The molecule has 0 radical (unpaired) electrons. The highest BCUT2D eigenvalue weighted by molar-refractivity contribution is 6.25. The molecular formula is C29H38N4O6. The molecular weight excluding hydrogens is 500 g/mol. The monoisotopic (exact) mass is 538 g/mol. The summed E-state index contributed by atoms with van der Waals surface area (Å²) in [4.78, 5) is 65.4. The van der Waals surface area contributed by atoms with Crippen LogP contribution in [0, 0.1) is 11.3 Å². The molecule has 3 fully saturated rings. The van der Waals surface area contributed by atoms with Crippen LogP contribution in [0.4, 0.5) is 10.5 Å². The van der Waals surface area contributed by atoms with Crippen molar-refractivity contribution in [2.24, 2.45) is 11.3 Å². The number of amides is 5. The second-order valence-electron chi connectivity index (χ2n) is 12.7. The van der Waals surface area contributed by atoms with Gasteiger partial charge in [0, 0.05) is 31.7 Å². The fourth-order valence-corrected chi connectivity index (χ4v) is 6.72. The van der Waals surface area contributed by atoms with E-state index in [2.05, 4.69) is 10.6 Å². The number of rotatable bonds is 5. The minimum Gasteiger partial charge on any atom is -0.444 e. The average Bonchev–Trinajstić information content (AvgIpc) is 3.10. The zero-order chi connectivity index (χ0) is 28.1. The van der Waals surface area contributed by atoms with Gasteiger partial charge in [-0.05, 0) is 89.2 Å². The van der Waals surface area contributed by atoms with Crippen molar-refractivity contribution in [2.75, 3.05) is 18.9 Å². The van der Waals surface area contributed by atoms with Crippen LogP contribution in [-0.2, 0) is 14.3 Å². The van der Waals surface area contributed by atoms with Crippen molar-refractivity contribution in [3.05, 3.63) is 29.3 Å². The molecule has 4 aliphatic rings. The minimum absolute atomic E-state index is 0.0936. The van der Waals surface area contributed by atoms with E-state index in [1.807, 2.05) is 27.8 Å². The van der Waals surface area contributed by atoms with Crippen LogP contribution >= 0.6 is 0 Å². The van der Waals surface area contributed by atoms with E-state index in [-0.39, 0.29) is 30.5 Å². The van der Waals surface area contributed by atoms with E-state index in [1.165, 1.54) is 0 Å². The number of hydrogen-bond acceptors (Lipinski definition) is 7. The Morgan fingerprint density at radius 1 is 1.10 bits per heavy atom. The molecule has 210 valence electrons. The van der Waals surface area contributed by atoms with Crippen LogP contribution in [0.5, 0.6) is 0 Å². The number of benzene rings is 1. The zero-order valence-corrected chi connectivity index (χ0v) is 23.2. The van der Waals surface area contributed by atoms with Crippen molar-refractivity contribution >= 4 is 35.4 Å². The first-order chi connectivity index (χ1) is 18.4. The van der Waals surface area contributed by atoms with E-state index in [9.17, 15) is 24.0 Å². The number of carbonyl (C=O) groups excluding carboxylic acids is 5. The van der Waals surface area contributed by atoms with Crippen LogP contribution in [0.25, 0.3) is 0 Å². The zero-order valence-electron chi connectivity index (χ0n) is 23.2. The summed E-state index contributed by atoms with van der Waals surface area (Å²) < 4.78 is 5.53. The third-order valence-corrected chi connectivity index (χ3v) is 8.74. The first kappa shape index (κ1) is 27.1. The van der Waals surface area contributed by atoms with E-state index in [0.717, 1.165) is 43.4 Å². The molecule has 1 spiro atoms. The van der Waals surface area contributed by atoms with Crippen LogP contribution in [0.1, 0.15) is 92.9 Å². The number of fused-ring (bicyclic) bond motifs is 1. The maximum Gasteiger partial charge on any atom is 0.410 e. The van der Waals surface area contributed by atoms with Crippen LogP contribution in [0.15, 0.2) is 18.2 Å². The normalized spacial score (nSPS) is 28.6. The predicted octanol–water partition coefficient (Wildman–Crippen LogP) is 3.71. The molecule has 2 aliphatic carbocycles. The molecule has 0 bridgehead atoms. The molecule has 2 saturated carbocycles. The number of nitrogens with zero attached hydrogens (tertiary/aromatic N) is 2. The molecule has 1 unspecified atom stereocenters. The number of anilines is 1. The topological polar surface area (TPSA) is 125 Å². The molecule has 2 N–H and O–H groups in total. The van der Waals surface area contributed by atoms with Crippen molar-refractivity contribution in [3.63, 3.8) is 0 Å². The lowest BCUT2D eigenvalue weighted by atomic mass is 9.55. The summed E-state index contributed by atoms with van der Waals surface area (Å²) >= 11 is 0. The molecule has 5 rings (SSSR count). The van der Waals surface area contributed by atoms with Crippen molar-refractivity contribution in [2.45, 2.75) is 89.8 Å². The minimum atomic E-state index is -0.973. The van der Waals surface area contributed by atoms with E-state index in [4.69, 9.17) is 4.74 Å². The molecule has 39 heavy (non-hydrogen) atoms. The SMILES string of the molecule is CN(C(=O)OC(C)(C)C)C1CCC2(CC1)CC(CNc1cccc3c1C(=O)N(C1CCC(=O)NC1=O)C3=O)C2. The number of ether oxygens (including phenoxy) is 1. The van der Waals surface area contributed by atoms with Gasteiger partial charge < -0.3 is 15.0 Å². The quantitative estimate of drug-likeness (QED) is 0.548. The van der Waals surface area contributed by atoms with Crippen LogP contribution in [0.3, 0.4) is 0 Å². The Balaban J connectivity index is 1.15. The standard InChI is InChI=1S/C29H38N4O6/c1-28(2,3)39-27(38)32(4)18-10-12-29(13-11-18)14-17(15-29)16-30-20-7-5-6-19-23(20)26(37)33(25(19)36)21-8-9-22(34)31-24(21)35/h5-7,17-18,21,30H,8-16H2,1-4H3,(H,31,34,35). The van der Waals surface area contributed by atoms with E-state index in [0.29, 0.717) is 29.1 Å². The van der Waals surface area contributed by atoms with Crippen molar-refractivity contribution < 1.29 is 28.7 Å². The third-order valence-electron chi connectivity index (χ3n) is 8.74. The first-order valence-corrected chi connectivity index (χ1v) is 13.9. The lowest BCUT2D eigenvalue weighted by molar-refractivity contribution is -0.136. The third kappa shape index (κ3) is 5.25. The Labute approximate surface area is 228 Å². The molecule has 5 amide bonds. The predicted molar refractivity (Wildman–Crippen MR) is 143 cm³/mol. The highest BCUT2D eigenvalue weighted by Crippen LogP contribution is 2.55. The Morgan fingerprint density at radius 2 is 1.79 bits per heavy atom. The molecule has 1 aromatic rings. The highest BCUT2D eigenvalue weighted by atomic mass is 16.6. The summed E-state index contributed by atoms with van der Waals surface area (Å²) in [5.74, 6) is -1.53. The number of nitrogens with one attached hydrogen (secondary N) is 2. The second kappa shape index (κ2) is 9.95. The summed E-state index contributed by atoms with van der Waals surface area (Å²) in [6, 6.07) is 4.37. The summed E-state index contributed by atoms with van der Waals surface area (Å²) in [5, 5.41) is 5.63. The van der Waals surface area contributed by atoms with Crippen LogP contribution in [0.2, 0.25) is 0 Å². The summed E-state index contributed by atoms with van der Waals surface area (Å²) in [5.41, 5.74) is 0.989. The lowest BCUT2D eigenvalue weighted by Gasteiger charge is -2.52. The van der Waals surface area contributed by atoms with Crippen molar-refractivity contribution in [3.8, 4) is 0 Å². The maximum atomic E-state index is 13.3. The van der Waals surface area contributed by atoms with Gasteiger partial charge in [0.1, 0.15) is 11.6 Å². The summed E-state index contributed by atoms with van der Waals surface area (Å²) in [6.07, 6.45) is 6.24. The van der Waals surface area contributed by atoms with Gasteiger partial charge in [0.25, 0.3) is 11.8 Å². The van der Waals surface area contributed by atoms with Gasteiger partial charge in [0.2, 0.25) is 11.8 Å².